The molecule has 1 unspecified atom stereocenters. The first kappa shape index (κ1) is 9.45. The summed E-state index contributed by atoms with van der Waals surface area (Å²) in [6.07, 6.45) is 2.47. The predicted octanol–water partition coefficient (Wildman–Crippen LogP) is 1.35. The van der Waals surface area contributed by atoms with Crippen LogP contribution in [-0.4, -0.2) is 38.4 Å². The number of urea groups is 1. The lowest BCUT2D eigenvalue weighted by Gasteiger charge is -2.27. The van der Waals surface area contributed by atoms with Gasteiger partial charge in [-0.15, -0.1) is 0 Å². The third kappa shape index (κ3) is 1.05. The van der Waals surface area contributed by atoms with Gasteiger partial charge in [0.1, 0.15) is 0 Å². The second-order valence-electron chi connectivity index (χ2n) is 4.19. The van der Waals surface area contributed by atoms with Crippen LogP contribution in [0.3, 0.4) is 0 Å². The molecule has 5 heteroatoms. The van der Waals surface area contributed by atoms with Crippen LogP contribution < -0.4 is 0 Å². The number of carbonyl (C=O) groups is 1. The summed E-state index contributed by atoms with van der Waals surface area (Å²) in [6, 6.07) is 0.168. The topological polar surface area (TPSA) is 52.2 Å². The van der Waals surface area contributed by atoms with Crippen LogP contribution >= 0.6 is 0 Å². The van der Waals surface area contributed by atoms with Crippen LogP contribution in [0.1, 0.15) is 19.7 Å². The Hall–Kier alpha value is -1.78. The van der Waals surface area contributed by atoms with Gasteiger partial charge in [-0.05, 0) is 6.92 Å². The highest BCUT2D eigenvalue weighted by Crippen LogP contribution is 2.32. The molecular formula is C11H16N4O. The van der Waals surface area contributed by atoms with Gasteiger partial charge in [0.25, 0.3) is 0 Å². The maximum absolute atomic E-state index is 12.1. The smallest absolute Gasteiger partial charge is 0.325 e. The zero-order chi connectivity index (χ0) is 11.3. The number of amides is 2. The van der Waals surface area contributed by atoms with Gasteiger partial charge >= 0.3 is 6.03 Å². The number of hydrogen-bond donors (Lipinski definition) is 1. The largest absolute Gasteiger partial charge is 0.347 e. The van der Waals surface area contributed by atoms with Crippen LogP contribution in [0.25, 0.3) is 0 Å². The number of rotatable bonds is 1. The Morgan fingerprint density at radius 2 is 2.56 bits per heavy atom. The maximum Gasteiger partial charge on any atom is 0.325 e. The van der Waals surface area contributed by atoms with Gasteiger partial charge in [0.05, 0.1) is 30.3 Å². The average Bonchev–Trinajstić information content (AvgIpc) is 2.82. The molecule has 2 aliphatic heterocycles. The highest BCUT2D eigenvalue weighted by atomic mass is 16.2. The average molecular weight is 220 g/mol. The Balaban J connectivity index is 0.00000108. The number of aromatic amines is 1. The van der Waals surface area contributed by atoms with Crippen molar-refractivity contribution in [3.8, 4) is 0 Å². The number of aromatic nitrogens is 2. The van der Waals surface area contributed by atoms with Crippen LogP contribution in [0.2, 0.25) is 0 Å². The molecule has 1 aromatic heterocycles. The van der Waals surface area contributed by atoms with Gasteiger partial charge in [-0.2, -0.15) is 0 Å². The van der Waals surface area contributed by atoms with E-state index in [2.05, 4.69) is 16.5 Å². The van der Waals surface area contributed by atoms with Crippen molar-refractivity contribution in [3.63, 3.8) is 0 Å². The Morgan fingerprint density at radius 3 is 3.31 bits per heavy atom. The van der Waals surface area contributed by atoms with E-state index in [4.69, 9.17) is 0 Å². The van der Waals surface area contributed by atoms with Crippen molar-refractivity contribution >= 4 is 6.03 Å². The van der Waals surface area contributed by atoms with E-state index in [1.807, 2.05) is 11.8 Å². The molecule has 0 saturated carbocycles. The quantitative estimate of drug-likeness (QED) is 0.776. The fraction of sp³-hybridized carbons (Fsp3) is 0.455. The number of fused-ring (bicyclic) bond motifs is 2. The molecule has 1 saturated heterocycles. The Kier molecular flexibility index (Phi) is 1.83. The number of nitrogens with zero attached hydrogens (tertiary/aromatic N) is 3. The normalized spacial score (nSPS) is 23.7. The number of hydrogen-bond acceptors (Lipinski definition) is 2. The molecule has 2 aliphatic rings. The number of likely N-dealkylation sites (N-methyl/N-ethyl adjacent to an activating group) is 1. The van der Waals surface area contributed by atoms with Crippen molar-refractivity contribution < 1.29 is 6.22 Å². The molecule has 3 heterocycles. The zero-order valence-corrected chi connectivity index (χ0v) is 9.23. The van der Waals surface area contributed by atoms with Crippen molar-refractivity contribution in [1.29, 1.82) is 0 Å². The molecular weight excluding hydrogens is 204 g/mol. The van der Waals surface area contributed by atoms with Gasteiger partial charge in [-0.25, -0.2) is 9.78 Å². The van der Waals surface area contributed by atoms with E-state index >= 15 is 0 Å². The summed E-state index contributed by atoms with van der Waals surface area (Å²) in [6.45, 7) is 7.30. The summed E-state index contributed by atoms with van der Waals surface area (Å²) in [5.74, 6) is 0. The molecule has 16 heavy (non-hydrogen) atoms. The molecule has 86 valence electrons. The van der Waals surface area contributed by atoms with E-state index in [0.29, 0.717) is 13.1 Å². The van der Waals surface area contributed by atoms with Crippen LogP contribution in [-0.2, 0) is 13.0 Å². The number of nitrogens with one attached hydrogen (secondary N) is 1. The van der Waals surface area contributed by atoms with Crippen molar-refractivity contribution in [2.75, 3.05) is 6.54 Å². The monoisotopic (exact) mass is 220 g/mol. The molecule has 0 aromatic carbocycles. The fourth-order valence-corrected chi connectivity index (χ4v) is 2.53. The second kappa shape index (κ2) is 3.10. The van der Waals surface area contributed by atoms with Crippen molar-refractivity contribution in [2.24, 2.45) is 0 Å². The summed E-state index contributed by atoms with van der Waals surface area (Å²) < 4.78 is 0. The van der Waals surface area contributed by atoms with E-state index in [9.17, 15) is 4.79 Å². The molecule has 3 rings (SSSR count). The standard InChI is InChI=1S/C11H14N4O.H2/c1-3-14-7(2)10-4-8-9(13-6-12-8)5-15(10)11(14)16;/h6,10H,2-5H2,1H3,(H,12,13);1H. The van der Waals surface area contributed by atoms with Crippen LogP contribution in [0.15, 0.2) is 18.6 Å². The van der Waals surface area contributed by atoms with Gasteiger partial charge in [0, 0.05) is 20.1 Å². The number of imidazole rings is 1. The summed E-state index contributed by atoms with van der Waals surface area (Å²) in [4.78, 5) is 23.0. The molecule has 2 amide bonds. The number of H-pyrrole nitrogens is 1. The van der Waals surface area contributed by atoms with E-state index in [0.717, 1.165) is 23.5 Å². The van der Waals surface area contributed by atoms with Gasteiger partial charge in [0.15, 0.2) is 0 Å². The zero-order valence-electron chi connectivity index (χ0n) is 9.23. The van der Waals surface area contributed by atoms with E-state index in [1.54, 1.807) is 11.2 Å². The first-order chi connectivity index (χ1) is 7.72. The molecule has 0 aliphatic carbocycles. The molecule has 1 fully saturated rings. The summed E-state index contributed by atoms with van der Waals surface area (Å²) >= 11 is 0. The van der Waals surface area contributed by atoms with Crippen molar-refractivity contribution in [2.45, 2.75) is 25.9 Å². The first-order valence-corrected chi connectivity index (χ1v) is 5.50. The Morgan fingerprint density at radius 1 is 1.75 bits per heavy atom. The minimum atomic E-state index is 0. The van der Waals surface area contributed by atoms with E-state index < -0.39 is 0 Å². The Bertz CT molecular complexity index is 431. The molecule has 0 bridgehead atoms. The third-order valence-corrected chi connectivity index (χ3v) is 3.42. The lowest BCUT2D eigenvalue weighted by molar-refractivity contribution is 0.181. The Labute approximate surface area is 95.2 Å². The first-order valence-electron chi connectivity index (χ1n) is 5.50. The maximum atomic E-state index is 12.1. The molecule has 1 aromatic rings. The fourth-order valence-electron chi connectivity index (χ4n) is 2.53. The minimum Gasteiger partial charge on any atom is -0.347 e. The third-order valence-electron chi connectivity index (χ3n) is 3.42. The summed E-state index contributed by atoms with van der Waals surface area (Å²) in [5.41, 5.74) is 3.02. The minimum absolute atomic E-state index is 0. The molecule has 0 radical (unpaired) electrons. The van der Waals surface area contributed by atoms with Crippen LogP contribution in [0.5, 0.6) is 0 Å². The predicted molar refractivity (Wildman–Crippen MR) is 60.7 cm³/mol. The second-order valence-corrected chi connectivity index (χ2v) is 4.19. The van der Waals surface area contributed by atoms with Gasteiger partial charge in [0.2, 0.25) is 0 Å². The van der Waals surface area contributed by atoms with Gasteiger partial charge < -0.3 is 9.88 Å². The number of carbonyl (C=O) groups excluding carboxylic acids is 1. The van der Waals surface area contributed by atoms with E-state index in [-0.39, 0.29) is 13.5 Å². The highest BCUT2D eigenvalue weighted by Gasteiger charge is 2.43. The highest BCUT2D eigenvalue weighted by molar-refractivity contribution is 5.81. The molecule has 1 N–H and O–H groups in total. The summed E-state index contributed by atoms with van der Waals surface area (Å²) in [7, 11) is 0. The van der Waals surface area contributed by atoms with Crippen molar-refractivity contribution in [3.05, 3.63) is 30.0 Å². The lowest BCUT2D eigenvalue weighted by Crippen LogP contribution is -2.38. The van der Waals surface area contributed by atoms with E-state index in [1.165, 1.54) is 0 Å². The lowest BCUT2D eigenvalue weighted by atomic mass is 10.0. The SMILES string of the molecule is C=C1C2Cc3nc[nH]c3CN2C(=O)N1CC.[HH]. The molecule has 1 atom stereocenters. The van der Waals surface area contributed by atoms with Crippen LogP contribution in [0.4, 0.5) is 4.79 Å². The molecule has 5 nitrogen and oxygen atoms in total. The van der Waals surface area contributed by atoms with Crippen LogP contribution in [0, 0.1) is 0 Å². The van der Waals surface area contributed by atoms with Gasteiger partial charge in [-0.3, -0.25) is 4.90 Å². The van der Waals surface area contributed by atoms with Crippen molar-refractivity contribution in [1.82, 2.24) is 19.8 Å². The van der Waals surface area contributed by atoms with Gasteiger partial charge in [-0.1, -0.05) is 6.58 Å². The summed E-state index contributed by atoms with van der Waals surface area (Å²) in [5, 5.41) is 0. The molecule has 0 spiro atoms.